The number of pyridine rings is 1. The molecule has 1 fully saturated rings. The lowest BCUT2D eigenvalue weighted by Gasteiger charge is -2.36. The molecule has 1 aliphatic rings. The molecule has 3 nitrogen and oxygen atoms in total. The first-order valence-corrected chi connectivity index (χ1v) is 7.89. The summed E-state index contributed by atoms with van der Waals surface area (Å²) in [4.78, 5) is 6.35. The molecule has 23 heavy (non-hydrogen) atoms. The van der Waals surface area contributed by atoms with Gasteiger partial charge in [0.05, 0.1) is 6.20 Å². The number of rotatable bonds is 4. The highest BCUT2D eigenvalue weighted by atomic mass is 35.5. The average molecular weight is 336 g/mol. The van der Waals surface area contributed by atoms with Gasteiger partial charge in [-0.1, -0.05) is 31.2 Å². The molecule has 0 aliphatic carbocycles. The fourth-order valence-electron chi connectivity index (χ4n) is 3.02. The summed E-state index contributed by atoms with van der Waals surface area (Å²) in [6.45, 7) is 5.74. The molecule has 0 spiro atoms. The Kier molecular flexibility index (Phi) is 6.51. The molecule has 1 aromatic heterocycles. The van der Waals surface area contributed by atoms with E-state index in [1.165, 1.54) is 17.3 Å². The van der Waals surface area contributed by atoms with Crippen molar-refractivity contribution in [3.63, 3.8) is 0 Å². The monoisotopic (exact) mass is 335 g/mol. The van der Waals surface area contributed by atoms with Crippen LogP contribution in [0.5, 0.6) is 0 Å². The van der Waals surface area contributed by atoms with Crippen molar-refractivity contribution >= 4 is 12.4 Å². The van der Waals surface area contributed by atoms with Crippen molar-refractivity contribution in [2.24, 2.45) is 0 Å². The summed E-state index contributed by atoms with van der Waals surface area (Å²) in [7, 11) is 0. The minimum absolute atomic E-state index is 0. The summed E-state index contributed by atoms with van der Waals surface area (Å²) < 4.78 is 13.3. The lowest BCUT2D eigenvalue weighted by molar-refractivity contribution is 0.153. The van der Waals surface area contributed by atoms with Crippen LogP contribution in [0.25, 0.3) is 0 Å². The van der Waals surface area contributed by atoms with Gasteiger partial charge in [-0.15, -0.1) is 12.4 Å². The maximum absolute atomic E-state index is 13.3. The molecule has 0 bridgehead atoms. The average Bonchev–Trinajstić information content (AvgIpc) is 2.56. The highest BCUT2D eigenvalue weighted by Crippen LogP contribution is 2.24. The summed E-state index contributed by atoms with van der Waals surface area (Å²) in [6.07, 6.45) is 4.06. The van der Waals surface area contributed by atoms with Crippen LogP contribution < -0.4 is 5.32 Å². The molecule has 0 saturated carbocycles. The topological polar surface area (TPSA) is 28.2 Å². The van der Waals surface area contributed by atoms with Gasteiger partial charge < -0.3 is 5.32 Å². The lowest BCUT2D eigenvalue weighted by atomic mass is 10.0. The number of halogens is 2. The van der Waals surface area contributed by atoms with Crippen molar-refractivity contribution in [3.05, 3.63) is 65.2 Å². The van der Waals surface area contributed by atoms with Gasteiger partial charge in [0.2, 0.25) is 0 Å². The predicted molar refractivity (Wildman–Crippen MR) is 93.3 cm³/mol. The third-order valence-electron chi connectivity index (χ3n) is 4.27. The second kappa shape index (κ2) is 8.39. The summed E-state index contributed by atoms with van der Waals surface area (Å²) in [5.41, 5.74) is 3.60. The molecule has 124 valence electrons. The molecule has 1 N–H and O–H groups in total. The number of hydrogen-bond acceptors (Lipinski definition) is 3. The molecule has 2 heterocycles. The summed E-state index contributed by atoms with van der Waals surface area (Å²) in [5, 5.41) is 3.46. The van der Waals surface area contributed by atoms with E-state index in [0.29, 0.717) is 6.04 Å². The van der Waals surface area contributed by atoms with Gasteiger partial charge in [0, 0.05) is 38.4 Å². The van der Waals surface area contributed by atoms with Gasteiger partial charge in [-0.25, -0.2) is 4.39 Å². The number of piperazine rings is 1. The van der Waals surface area contributed by atoms with E-state index >= 15 is 0 Å². The van der Waals surface area contributed by atoms with Crippen LogP contribution >= 0.6 is 12.4 Å². The van der Waals surface area contributed by atoms with Gasteiger partial charge in [-0.05, 0) is 29.2 Å². The second-order valence-electron chi connectivity index (χ2n) is 5.80. The number of benzene rings is 1. The van der Waals surface area contributed by atoms with Gasteiger partial charge in [0.25, 0.3) is 0 Å². The number of aromatic nitrogens is 1. The van der Waals surface area contributed by atoms with E-state index in [9.17, 15) is 4.39 Å². The fraction of sp³-hybridized carbons (Fsp3) is 0.389. The lowest BCUT2D eigenvalue weighted by Crippen LogP contribution is -2.45. The van der Waals surface area contributed by atoms with Crippen molar-refractivity contribution in [3.8, 4) is 0 Å². The van der Waals surface area contributed by atoms with Gasteiger partial charge in [0.1, 0.15) is 5.82 Å². The SMILES string of the molecule is CCc1ccc(C2CNCCN2Cc2cncc(F)c2)cc1.Cl. The Morgan fingerprint density at radius 1 is 1.22 bits per heavy atom. The van der Waals surface area contributed by atoms with Gasteiger partial charge in [0.15, 0.2) is 0 Å². The van der Waals surface area contributed by atoms with Crippen LogP contribution in [0.4, 0.5) is 4.39 Å². The number of aryl methyl sites for hydroxylation is 1. The standard InChI is InChI=1S/C18H22FN3.ClH/c1-2-14-3-5-16(6-4-14)18-12-20-7-8-22(18)13-15-9-17(19)11-21-10-15;/h3-6,9-11,18,20H,2,7-8,12-13H2,1H3;1H. The van der Waals surface area contributed by atoms with E-state index in [4.69, 9.17) is 0 Å². The molecule has 1 atom stereocenters. The van der Waals surface area contributed by atoms with E-state index in [0.717, 1.165) is 38.2 Å². The first kappa shape index (κ1) is 17.9. The normalized spacial score (nSPS) is 18.4. The predicted octanol–water partition coefficient (Wildman–Crippen LogP) is 3.35. The second-order valence-corrected chi connectivity index (χ2v) is 5.80. The van der Waals surface area contributed by atoms with Crippen LogP contribution in [0.2, 0.25) is 0 Å². The van der Waals surface area contributed by atoms with Crippen LogP contribution in [-0.2, 0) is 13.0 Å². The van der Waals surface area contributed by atoms with Crippen molar-refractivity contribution in [1.82, 2.24) is 15.2 Å². The third-order valence-corrected chi connectivity index (χ3v) is 4.27. The minimum atomic E-state index is -0.267. The van der Waals surface area contributed by atoms with Crippen LogP contribution in [0, 0.1) is 5.82 Å². The fourth-order valence-corrected chi connectivity index (χ4v) is 3.02. The van der Waals surface area contributed by atoms with Crippen molar-refractivity contribution in [2.75, 3.05) is 19.6 Å². The van der Waals surface area contributed by atoms with Crippen LogP contribution in [0.15, 0.2) is 42.7 Å². The highest BCUT2D eigenvalue weighted by molar-refractivity contribution is 5.85. The Bertz CT molecular complexity index is 618. The van der Waals surface area contributed by atoms with Crippen molar-refractivity contribution in [2.45, 2.75) is 25.9 Å². The van der Waals surface area contributed by atoms with Crippen molar-refractivity contribution < 1.29 is 4.39 Å². The Labute approximate surface area is 143 Å². The van der Waals surface area contributed by atoms with E-state index in [1.807, 2.05) is 0 Å². The van der Waals surface area contributed by atoms with E-state index in [1.54, 1.807) is 12.3 Å². The van der Waals surface area contributed by atoms with Crippen molar-refractivity contribution in [1.29, 1.82) is 0 Å². The number of hydrogen-bond donors (Lipinski definition) is 1. The maximum Gasteiger partial charge on any atom is 0.141 e. The van der Waals surface area contributed by atoms with Gasteiger partial charge >= 0.3 is 0 Å². The zero-order valence-corrected chi connectivity index (χ0v) is 14.2. The van der Waals surface area contributed by atoms with Gasteiger partial charge in [-0.2, -0.15) is 0 Å². The summed E-state index contributed by atoms with van der Waals surface area (Å²) in [6, 6.07) is 10.7. The zero-order chi connectivity index (χ0) is 15.4. The molecule has 1 aliphatic heterocycles. The molecule has 3 rings (SSSR count). The molecular formula is C18H23ClFN3. The van der Waals surface area contributed by atoms with Crippen LogP contribution in [0.1, 0.15) is 29.7 Å². The Hall–Kier alpha value is -1.49. The third kappa shape index (κ3) is 4.50. The van der Waals surface area contributed by atoms with E-state index < -0.39 is 0 Å². The first-order valence-electron chi connectivity index (χ1n) is 7.89. The molecule has 1 aromatic carbocycles. The highest BCUT2D eigenvalue weighted by Gasteiger charge is 2.23. The number of nitrogens with zero attached hydrogens (tertiary/aromatic N) is 2. The molecule has 2 aromatic rings. The number of nitrogens with one attached hydrogen (secondary N) is 1. The van der Waals surface area contributed by atoms with Gasteiger partial charge in [-0.3, -0.25) is 9.88 Å². The Balaban J connectivity index is 0.00000192. The quantitative estimate of drug-likeness (QED) is 0.928. The summed E-state index contributed by atoms with van der Waals surface area (Å²) >= 11 is 0. The zero-order valence-electron chi connectivity index (χ0n) is 13.3. The first-order chi connectivity index (χ1) is 10.8. The van der Waals surface area contributed by atoms with E-state index in [-0.39, 0.29) is 18.2 Å². The van der Waals surface area contributed by atoms with Crippen LogP contribution in [-0.4, -0.2) is 29.5 Å². The molecular weight excluding hydrogens is 313 g/mol. The Morgan fingerprint density at radius 2 is 2.00 bits per heavy atom. The Morgan fingerprint density at radius 3 is 2.70 bits per heavy atom. The molecule has 0 amide bonds. The molecule has 5 heteroatoms. The minimum Gasteiger partial charge on any atom is -0.314 e. The summed E-state index contributed by atoms with van der Waals surface area (Å²) in [5.74, 6) is -0.267. The smallest absolute Gasteiger partial charge is 0.141 e. The largest absolute Gasteiger partial charge is 0.314 e. The molecule has 0 radical (unpaired) electrons. The van der Waals surface area contributed by atoms with Crippen LogP contribution in [0.3, 0.4) is 0 Å². The molecule has 1 unspecified atom stereocenters. The molecule has 1 saturated heterocycles. The van der Waals surface area contributed by atoms with E-state index in [2.05, 4.69) is 46.4 Å². The maximum atomic E-state index is 13.3.